The van der Waals surface area contributed by atoms with Gasteiger partial charge in [0.1, 0.15) is 0 Å². The van der Waals surface area contributed by atoms with Crippen LogP contribution in [-0.4, -0.2) is 10.1 Å². The van der Waals surface area contributed by atoms with Gasteiger partial charge < -0.3 is 5.11 Å². The van der Waals surface area contributed by atoms with Crippen molar-refractivity contribution in [2.24, 2.45) is 5.92 Å². The van der Waals surface area contributed by atoms with Crippen LogP contribution in [0.25, 0.3) is 10.9 Å². The molecule has 0 saturated carbocycles. The van der Waals surface area contributed by atoms with Gasteiger partial charge in [0.2, 0.25) is 0 Å². The van der Waals surface area contributed by atoms with Gasteiger partial charge in [-0.15, -0.1) is 0 Å². The van der Waals surface area contributed by atoms with E-state index in [1.807, 2.05) is 51.1 Å². The van der Waals surface area contributed by atoms with Crippen LogP contribution in [0.5, 0.6) is 0 Å². The summed E-state index contributed by atoms with van der Waals surface area (Å²) in [7, 11) is 0. The minimum atomic E-state index is -0.781. The molecule has 1 aromatic heterocycles. The summed E-state index contributed by atoms with van der Waals surface area (Å²) in [5.74, 6) is 0.176. The van der Waals surface area contributed by atoms with Gasteiger partial charge in [0.05, 0.1) is 11.1 Å². The molecular formula is C15H19NO. The second-order valence-electron chi connectivity index (χ2n) is 4.85. The summed E-state index contributed by atoms with van der Waals surface area (Å²) in [6.45, 7) is 6.09. The zero-order valence-electron chi connectivity index (χ0n) is 10.6. The van der Waals surface area contributed by atoms with E-state index in [0.29, 0.717) is 6.42 Å². The summed E-state index contributed by atoms with van der Waals surface area (Å²) >= 11 is 0. The van der Waals surface area contributed by atoms with Crippen molar-refractivity contribution in [2.75, 3.05) is 0 Å². The highest BCUT2D eigenvalue weighted by Crippen LogP contribution is 2.33. The smallest absolute Gasteiger partial charge is 0.0931 e. The predicted octanol–water partition coefficient (Wildman–Crippen LogP) is 3.49. The number of para-hydroxylation sites is 1. The average Bonchev–Trinajstić information content (AvgIpc) is 2.37. The second-order valence-corrected chi connectivity index (χ2v) is 4.85. The highest BCUT2D eigenvalue weighted by atomic mass is 16.3. The molecule has 2 aromatic rings. The topological polar surface area (TPSA) is 33.1 Å². The SMILES string of the molecule is CCC(O)(c1cnc2ccccc2c1)C(C)C. The van der Waals surface area contributed by atoms with Crippen LogP contribution >= 0.6 is 0 Å². The maximum absolute atomic E-state index is 10.7. The van der Waals surface area contributed by atoms with Gasteiger partial charge >= 0.3 is 0 Å². The summed E-state index contributed by atoms with van der Waals surface area (Å²) in [6.07, 6.45) is 2.50. The first kappa shape index (κ1) is 12.1. The maximum atomic E-state index is 10.7. The van der Waals surface area contributed by atoms with E-state index < -0.39 is 5.60 Å². The van der Waals surface area contributed by atoms with Gasteiger partial charge in [0.25, 0.3) is 0 Å². The molecule has 0 fully saturated rings. The minimum Gasteiger partial charge on any atom is -0.385 e. The lowest BCUT2D eigenvalue weighted by Crippen LogP contribution is -2.31. The lowest BCUT2D eigenvalue weighted by atomic mass is 9.82. The van der Waals surface area contributed by atoms with E-state index in [-0.39, 0.29) is 5.92 Å². The molecule has 1 atom stereocenters. The lowest BCUT2D eigenvalue weighted by molar-refractivity contribution is -0.0141. The van der Waals surface area contributed by atoms with Gasteiger partial charge in [-0.05, 0) is 24.5 Å². The largest absolute Gasteiger partial charge is 0.385 e. The third kappa shape index (κ3) is 2.05. The van der Waals surface area contributed by atoms with Crippen molar-refractivity contribution in [1.82, 2.24) is 4.98 Å². The normalized spacial score (nSPS) is 15.1. The van der Waals surface area contributed by atoms with E-state index in [1.54, 1.807) is 6.20 Å². The lowest BCUT2D eigenvalue weighted by Gasteiger charge is -2.31. The molecule has 2 heteroatoms. The molecule has 0 saturated heterocycles. The third-order valence-electron chi connectivity index (χ3n) is 3.58. The molecule has 0 aliphatic rings. The molecule has 1 heterocycles. The fraction of sp³-hybridized carbons (Fsp3) is 0.400. The van der Waals surface area contributed by atoms with Gasteiger partial charge in [-0.1, -0.05) is 39.0 Å². The van der Waals surface area contributed by atoms with Crippen LogP contribution in [0.1, 0.15) is 32.8 Å². The van der Waals surface area contributed by atoms with Crippen molar-refractivity contribution in [3.05, 3.63) is 42.1 Å². The Morgan fingerprint density at radius 2 is 2.00 bits per heavy atom. The minimum absolute atomic E-state index is 0.176. The zero-order valence-corrected chi connectivity index (χ0v) is 10.6. The maximum Gasteiger partial charge on any atom is 0.0931 e. The number of nitrogens with zero attached hydrogens (tertiary/aromatic N) is 1. The fourth-order valence-electron chi connectivity index (χ4n) is 2.25. The molecule has 0 amide bonds. The van der Waals surface area contributed by atoms with Gasteiger partial charge in [0, 0.05) is 17.1 Å². The number of hydrogen-bond donors (Lipinski definition) is 1. The number of benzene rings is 1. The number of rotatable bonds is 3. The molecule has 1 aromatic carbocycles. The van der Waals surface area contributed by atoms with Gasteiger partial charge in [-0.25, -0.2) is 0 Å². The molecule has 2 nitrogen and oxygen atoms in total. The molecule has 0 radical (unpaired) electrons. The Kier molecular flexibility index (Phi) is 3.16. The quantitative estimate of drug-likeness (QED) is 0.874. The monoisotopic (exact) mass is 229 g/mol. The van der Waals surface area contributed by atoms with Crippen molar-refractivity contribution >= 4 is 10.9 Å². The Balaban J connectivity index is 2.55. The summed E-state index contributed by atoms with van der Waals surface area (Å²) in [5.41, 5.74) is 1.10. The Morgan fingerprint density at radius 3 is 2.65 bits per heavy atom. The molecule has 17 heavy (non-hydrogen) atoms. The first-order chi connectivity index (χ1) is 8.08. The van der Waals surface area contributed by atoms with Gasteiger partial charge in [-0.3, -0.25) is 4.98 Å². The Labute approximate surface area is 102 Å². The van der Waals surface area contributed by atoms with Crippen LogP contribution < -0.4 is 0 Å². The standard InChI is InChI=1S/C15H19NO/c1-4-15(17,11(2)3)13-9-12-7-5-6-8-14(12)16-10-13/h5-11,17H,4H2,1-3H3. The van der Waals surface area contributed by atoms with Gasteiger partial charge in [0.15, 0.2) is 0 Å². The summed E-state index contributed by atoms with van der Waals surface area (Å²) in [6, 6.07) is 10.0. The summed E-state index contributed by atoms with van der Waals surface area (Å²) in [5, 5.41) is 11.8. The van der Waals surface area contributed by atoms with E-state index in [9.17, 15) is 5.11 Å². The van der Waals surface area contributed by atoms with Crippen molar-refractivity contribution < 1.29 is 5.11 Å². The van der Waals surface area contributed by atoms with Crippen molar-refractivity contribution in [2.45, 2.75) is 32.8 Å². The van der Waals surface area contributed by atoms with Crippen LogP contribution in [0.15, 0.2) is 36.5 Å². The fourth-order valence-corrected chi connectivity index (χ4v) is 2.25. The van der Waals surface area contributed by atoms with E-state index in [1.165, 1.54) is 0 Å². The van der Waals surface area contributed by atoms with Crippen LogP contribution in [0.2, 0.25) is 0 Å². The van der Waals surface area contributed by atoms with Crippen LogP contribution in [0, 0.1) is 5.92 Å². The molecule has 2 rings (SSSR count). The van der Waals surface area contributed by atoms with Crippen molar-refractivity contribution in [3.63, 3.8) is 0 Å². The van der Waals surface area contributed by atoms with E-state index >= 15 is 0 Å². The van der Waals surface area contributed by atoms with Crippen molar-refractivity contribution in [1.29, 1.82) is 0 Å². The number of aliphatic hydroxyl groups is 1. The number of hydrogen-bond acceptors (Lipinski definition) is 2. The molecule has 1 unspecified atom stereocenters. The molecular weight excluding hydrogens is 210 g/mol. The predicted molar refractivity (Wildman–Crippen MR) is 70.8 cm³/mol. The average molecular weight is 229 g/mol. The zero-order chi connectivity index (χ0) is 12.5. The third-order valence-corrected chi connectivity index (χ3v) is 3.58. The summed E-state index contributed by atoms with van der Waals surface area (Å²) in [4.78, 5) is 4.42. The van der Waals surface area contributed by atoms with Crippen LogP contribution in [0.3, 0.4) is 0 Å². The first-order valence-corrected chi connectivity index (χ1v) is 6.15. The summed E-state index contributed by atoms with van der Waals surface area (Å²) < 4.78 is 0. The highest BCUT2D eigenvalue weighted by molar-refractivity contribution is 5.78. The molecule has 90 valence electrons. The number of pyridine rings is 1. The number of fused-ring (bicyclic) bond motifs is 1. The van der Waals surface area contributed by atoms with Gasteiger partial charge in [-0.2, -0.15) is 0 Å². The number of aromatic nitrogens is 1. The molecule has 0 aliphatic heterocycles. The molecule has 0 spiro atoms. The highest BCUT2D eigenvalue weighted by Gasteiger charge is 2.31. The molecule has 1 N–H and O–H groups in total. The molecule has 0 aliphatic carbocycles. The van der Waals surface area contributed by atoms with Crippen molar-refractivity contribution in [3.8, 4) is 0 Å². The molecule has 0 bridgehead atoms. The Morgan fingerprint density at radius 1 is 1.29 bits per heavy atom. The first-order valence-electron chi connectivity index (χ1n) is 6.15. The van der Waals surface area contributed by atoms with E-state index in [2.05, 4.69) is 4.98 Å². The van der Waals surface area contributed by atoms with Crippen LogP contribution in [-0.2, 0) is 5.60 Å². The second kappa shape index (κ2) is 4.46. The Hall–Kier alpha value is -1.41. The van der Waals surface area contributed by atoms with Crippen LogP contribution in [0.4, 0.5) is 0 Å². The van der Waals surface area contributed by atoms with E-state index in [0.717, 1.165) is 16.5 Å². The Bertz CT molecular complexity index is 521. The van der Waals surface area contributed by atoms with E-state index in [4.69, 9.17) is 0 Å².